The Morgan fingerprint density at radius 2 is 1.53 bits per heavy atom. The predicted molar refractivity (Wildman–Crippen MR) is 172 cm³/mol. The summed E-state index contributed by atoms with van der Waals surface area (Å²) < 4.78 is 16.7. The second-order valence-electron chi connectivity index (χ2n) is 11.4. The van der Waals surface area contributed by atoms with Gasteiger partial charge in [-0.3, -0.25) is 24.5 Å². The van der Waals surface area contributed by atoms with Crippen LogP contribution >= 0.6 is 0 Å². The van der Waals surface area contributed by atoms with E-state index in [4.69, 9.17) is 14.2 Å². The smallest absolute Gasteiger partial charge is 0.343 e. The van der Waals surface area contributed by atoms with Gasteiger partial charge in [0.05, 0.1) is 16.4 Å². The Kier molecular flexibility index (Phi) is 9.74. The maximum atomic E-state index is 12.8. The van der Waals surface area contributed by atoms with Gasteiger partial charge in [0.1, 0.15) is 17.2 Å². The molecular weight excluding hydrogens is 604 g/mol. The molecule has 0 saturated carbocycles. The lowest BCUT2D eigenvalue weighted by molar-refractivity contribution is -0.384. The number of rotatable bonds is 11. The third kappa shape index (κ3) is 7.88. The molecule has 0 unspecified atom stereocenters. The van der Waals surface area contributed by atoms with Crippen LogP contribution in [0.4, 0.5) is 11.4 Å². The quantitative estimate of drug-likeness (QED) is 0.0570. The molecule has 4 aromatic rings. The molecule has 1 saturated heterocycles. The number of carbonyl (C=O) groups excluding carboxylic acids is 4. The van der Waals surface area contributed by atoms with Crippen LogP contribution in [0.2, 0.25) is 0 Å². The van der Waals surface area contributed by atoms with Crippen LogP contribution in [0, 0.1) is 23.0 Å². The molecule has 4 aromatic carbocycles. The van der Waals surface area contributed by atoms with E-state index >= 15 is 0 Å². The van der Waals surface area contributed by atoms with Crippen LogP contribution in [-0.2, 0) is 14.3 Å². The summed E-state index contributed by atoms with van der Waals surface area (Å²) in [6.07, 6.45) is -0.0405. The Balaban J connectivity index is 1.12. The van der Waals surface area contributed by atoms with E-state index in [0.29, 0.717) is 11.4 Å². The van der Waals surface area contributed by atoms with Crippen LogP contribution in [0.15, 0.2) is 91.0 Å². The molecule has 11 heteroatoms. The number of Topliss-reactive ketones (excluding diaryl/α,β-unsaturated/α-hetero) is 1. The third-order valence-corrected chi connectivity index (χ3v) is 7.67. The summed E-state index contributed by atoms with van der Waals surface area (Å²) in [5, 5.41) is 10.8. The van der Waals surface area contributed by atoms with Gasteiger partial charge in [-0.2, -0.15) is 0 Å². The highest BCUT2D eigenvalue weighted by atomic mass is 16.6. The first-order valence-corrected chi connectivity index (χ1v) is 14.9. The summed E-state index contributed by atoms with van der Waals surface area (Å²) in [5.41, 5.74) is 2.99. The number of ketones is 1. The van der Waals surface area contributed by atoms with E-state index in [9.17, 15) is 29.3 Å². The average Bonchev–Trinajstić information content (AvgIpc) is 3.45. The Morgan fingerprint density at radius 1 is 0.894 bits per heavy atom. The van der Waals surface area contributed by atoms with Gasteiger partial charge in [0, 0.05) is 36.3 Å². The second kappa shape index (κ2) is 14.1. The molecule has 1 aliphatic rings. The molecule has 1 heterocycles. The van der Waals surface area contributed by atoms with Crippen molar-refractivity contribution in [3.63, 3.8) is 0 Å². The van der Waals surface area contributed by atoms with Gasteiger partial charge in [-0.15, -0.1) is 0 Å². The van der Waals surface area contributed by atoms with E-state index in [-0.39, 0.29) is 47.4 Å². The molecule has 47 heavy (non-hydrogen) atoms. The van der Waals surface area contributed by atoms with Crippen LogP contribution in [0.1, 0.15) is 58.0 Å². The van der Waals surface area contributed by atoms with Crippen molar-refractivity contribution in [1.82, 2.24) is 0 Å². The van der Waals surface area contributed by atoms with Crippen LogP contribution < -0.4 is 14.4 Å². The topological polar surface area (TPSA) is 142 Å². The Morgan fingerprint density at radius 3 is 2.17 bits per heavy atom. The van der Waals surface area contributed by atoms with E-state index in [1.165, 1.54) is 53.4 Å². The first-order valence-electron chi connectivity index (χ1n) is 14.9. The SMILES string of the molecule is Cc1ccc(C(C)C)c(Oc2ccc(N3C[C@@H](C(=O)OCC(=O)c4ccc(OC(=O)c5ccc([N+](=O)[O-])cc5)cc4)CC3=O)cc2)c1. The molecule has 0 spiro atoms. The highest BCUT2D eigenvalue weighted by Gasteiger charge is 2.36. The molecule has 0 bridgehead atoms. The van der Waals surface area contributed by atoms with Gasteiger partial charge >= 0.3 is 11.9 Å². The molecule has 0 N–H and O–H groups in total. The Labute approximate surface area is 270 Å². The molecule has 0 aromatic heterocycles. The first-order chi connectivity index (χ1) is 22.5. The minimum atomic E-state index is -0.728. The van der Waals surface area contributed by atoms with Crippen molar-refractivity contribution in [3.05, 3.63) is 123 Å². The maximum Gasteiger partial charge on any atom is 0.343 e. The summed E-state index contributed by atoms with van der Waals surface area (Å²) in [7, 11) is 0. The fraction of sp³-hybridized carbons (Fsp3) is 0.222. The number of esters is 2. The molecule has 11 nitrogen and oxygen atoms in total. The number of anilines is 1. The molecule has 0 radical (unpaired) electrons. The number of nitro benzene ring substituents is 1. The fourth-order valence-electron chi connectivity index (χ4n) is 5.07. The van der Waals surface area contributed by atoms with E-state index in [2.05, 4.69) is 19.9 Å². The summed E-state index contributed by atoms with van der Waals surface area (Å²) in [5.74, 6) is -0.962. The van der Waals surface area contributed by atoms with Gasteiger partial charge in [0.15, 0.2) is 12.4 Å². The average molecular weight is 637 g/mol. The van der Waals surface area contributed by atoms with Gasteiger partial charge in [-0.1, -0.05) is 26.0 Å². The summed E-state index contributed by atoms with van der Waals surface area (Å²) in [6, 6.07) is 23.8. The summed E-state index contributed by atoms with van der Waals surface area (Å²) in [4.78, 5) is 62.3. The minimum absolute atomic E-state index is 0.0405. The van der Waals surface area contributed by atoms with Gasteiger partial charge in [-0.05, 0) is 90.7 Å². The van der Waals surface area contributed by atoms with Crippen LogP contribution in [0.5, 0.6) is 17.2 Å². The van der Waals surface area contributed by atoms with Gasteiger partial charge < -0.3 is 19.1 Å². The van der Waals surface area contributed by atoms with Crippen molar-refractivity contribution in [2.24, 2.45) is 5.92 Å². The molecule has 1 fully saturated rings. The van der Waals surface area contributed by atoms with Gasteiger partial charge in [0.25, 0.3) is 5.69 Å². The van der Waals surface area contributed by atoms with Crippen molar-refractivity contribution in [3.8, 4) is 17.2 Å². The Bertz CT molecular complexity index is 1820. The zero-order valence-electron chi connectivity index (χ0n) is 26.0. The predicted octanol–water partition coefficient (Wildman–Crippen LogP) is 6.82. The second-order valence-corrected chi connectivity index (χ2v) is 11.4. The van der Waals surface area contributed by atoms with E-state index < -0.39 is 35.2 Å². The van der Waals surface area contributed by atoms with E-state index in [0.717, 1.165) is 16.9 Å². The van der Waals surface area contributed by atoms with Crippen molar-refractivity contribution in [1.29, 1.82) is 0 Å². The minimum Gasteiger partial charge on any atom is -0.457 e. The van der Waals surface area contributed by atoms with Crippen LogP contribution in [0.3, 0.4) is 0 Å². The molecule has 5 rings (SSSR count). The molecule has 1 aliphatic heterocycles. The largest absolute Gasteiger partial charge is 0.457 e. The Hall–Kier alpha value is -5.84. The molecule has 1 amide bonds. The summed E-state index contributed by atoms with van der Waals surface area (Å²) in [6.45, 7) is 5.81. The van der Waals surface area contributed by atoms with E-state index in [1.54, 1.807) is 24.3 Å². The summed E-state index contributed by atoms with van der Waals surface area (Å²) >= 11 is 0. The zero-order chi connectivity index (χ0) is 33.7. The van der Waals surface area contributed by atoms with E-state index in [1.807, 2.05) is 19.1 Å². The number of benzene rings is 4. The van der Waals surface area contributed by atoms with Gasteiger partial charge in [0.2, 0.25) is 5.91 Å². The monoisotopic (exact) mass is 636 g/mol. The number of amides is 1. The van der Waals surface area contributed by atoms with Crippen LogP contribution in [-0.4, -0.2) is 41.7 Å². The third-order valence-electron chi connectivity index (χ3n) is 7.67. The number of carbonyl (C=O) groups is 4. The lowest BCUT2D eigenvalue weighted by Crippen LogP contribution is -2.27. The normalized spacial score (nSPS) is 14.2. The molecule has 240 valence electrons. The van der Waals surface area contributed by atoms with Crippen molar-refractivity contribution in [2.75, 3.05) is 18.1 Å². The fourth-order valence-corrected chi connectivity index (χ4v) is 5.07. The molecule has 1 atom stereocenters. The number of nitrogens with zero attached hydrogens (tertiary/aromatic N) is 2. The standard InChI is InChI=1S/C36H32N2O9/c1-22(2)31-17-4-23(3)18-33(31)46-29-15-11-27(12-16-29)37-20-26(19-34(37)40)35(41)45-21-32(39)24-7-13-30(14-8-24)47-36(42)25-5-9-28(10-6-25)38(43)44/h4-18,22,26H,19-21H2,1-3H3/t26-/m0/s1. The molecular formula is C36H32N2O9. The zero-order valence-corrected chi connectivity index (χ0v) is 26.0. The molecule has 0 aliphatic carbocycles. The highest BCUT2D eigenvalue weighted by molar-refractivity contribution is 6.01. The first kappa shape index (κ1) is 32.6. The lowest BCUT2D eigenvalue weighted by Gasteiger charge is -2.18. The van der Waals surface area contributed by atoms with Crippen LogP contribution in [0.25, 0.3) is 0 Å². The number of ether oxygens (including phenoxy) is 3. The number of nitro groups is 1. The van der Waals surface area contributed by atoms with Crippen molar-refractivity contribution >= 4 is 35.0 Å². The van der Waals surface area contributed by atoms with Crippen molar-refractivity contribution < 1.29 is 38.3 Å². The van der Waals surface area contributed by atoms with Gasteiger partial charge in [-0.25, -0.2) is 4.79 Å². The van der Waals surface area contributed by atoms with Crippen molar-refractivity contribution in [2.45, 2.75) is 33.1 Å². The lowest BCUT2D eigenvalue weighted by atomic mass is 10.0. The highest BCUT2D eigenvalue weighted by Crippen LogP contribution is 2.33. The number of aryl methyl sites for hydroxylation is 1. The number of hydrogen-bond donors (Lipinski definition) is 0. The number of hydrogen-bond acceptors (Lipinski definition) is 9. The number of non-ortho nitro benzene ring substituents is 1. The maximum absolute atomic E-state index is 12.8.